The molecule has 0 amide bonds. The summed E-state index contributed by atoms with van der Waals surface area (Å²) in [7, 11) is 0. The van der Waals surface area contributed by atoms with Crippen molar-refractivity contribution in [2.75, 3.05) is 13.2 Å². The first-order valence-corrected chi connectivity index (χ1v) is 5.97. The van der Waals surface area contributed by atoms with Crippen molar-refractivity contribution in [2.45, 2.75) is 6.42 Å². The van der Waals surface area contributed by atoms with Crippen molar-refractivity contribution in [3.05, 3.63) is 40.9 Å². The lowest BCUT2D eigenvalue weighted by molar-refractivity contribution is 0.233. The standard InChI is InChI=1S/C14H12O5/c15-5-1-6-17-14-12-10(4-7-18-12)8-9-2-3-11(16)19-13(9)14/h2-4,7-8,15H,1,5-6H2. The number of hydrogen-bond acceptors (Lipinski definition) is 5. The molecule has 2 heterocycles. The lowest BCUT2D eigenvalue weighted by atomic mass is 10.1. The van der Waals surface area contributed by atoms with E-state index in [1.807, 2.05) is 12.1 Å². The lowest BCUT2D eigenvalue weighted by Crippen LogP contribution is -2.02. The van der Waals surface area contributed by atoms with Gasteiger partial charge in [0.15, 0.2) is 11.2 Å². The van der Waals surface area contributed by atoms with Crippen LogP contribution in [0.5, 0.6) is 5.75 Å². The predicted molar refractivity (Wildman–Crippen MR) is 69.5 cm³/mol. The SMILES string of the molecule is O=c1ccc2cc3ccoc3c(OCCCO)c2o1. The Bertz CT molecular complexity index is 768. The fourth-order valence-corrected chi connectivity index (χ4v) is 1.98. The van der Waals surface area contributed by atoms with E-state index in [-0.39, 0.29) is 6.61 Å². The van der Waals surface area contributed by atoms with E-state index < -0.39 is 5.63 Å². The summed E-state index contributed by atoms with van der Waals surface area (Å²) >= 11 is 0. The van der Waals surface area contributed by atoms with Crippen LogP contribution in [0.15, 0.2) is 44.2 Å². The zero-order valence-electron chi connectivity index (χ0n) is 10.1. The molecule has 0 radical (unpaired) electrons. The summed E-state index contributed by atoms with van der Waals surface area (Å²) < 4.78 is 16.2. The summed E-state index contributed by atoms with van der Waals surface area (Å²) in [5.41, 5.74) is 0.470. The highest BCUT2D eigenvalue weighted by molar-refractivity contribution is 5.99. The predicted octanol–water partition coefficient (Wildman–Crippen LogP) is 2.30. The maximum absolute atomic E-state index is 11.3. The molecule has 0 aliphatic rings. The Labute approximate surface area is 108 Å². The summed E-state index contributed by atoms with van der Waals surface area (Å²) in [4.78, 5) is 11.3. The molecule has 98 valence electrons. The summed E-state index contributed by atoms with van der Waals surface area (Å²) in [6.07, 6.45) is 2.05. The maximum atomic E-state index is 11.3. The molecule has 0 bridgehead atoms. The van der Waals surface area contributed by atoms with Crippen LogP contribution in [0.4, 0.5) is 0 Å². The molecule has 3 aromatic rings. The molecule has 0 fully saturated rings. The zero-order chi connectivity index (χ0) is 13.2. The van der Waals surface area contributed by atoms with E-state index in [2.05, 4.69) is 0 Å². The van der Waals surface area contributed by atoms with Crippen molar-refractivity contribution in [3.8, 4) is 5.75 Å². The molecular weight excluding hydrogens is 248 g/mol. The molecule has 0 aliphatic carbocycles. The van der Waals surface area contributed by atoms with Crippen LogP contribution < -0.4 is 10.4 Å². The highest BCUT2D eigenvalue weighted by atomic mass is 16.5. The van der Waals surface area contributed by atoms with Crippen LogP contribution >= 0.6 is 0 Å². The van der Waals surface area contributed by atoms with E-state index >= 15 is 0 Å². The number of ether oxygens (including phenoxy) is 1. The Morgan fingerprint density at radius 1 is 1.16 bits per heavy atom. The van der Waals surface area contributed by atoms with Gasteiger partial charge in [-0.3, -0.25) is 0 Å². The van der Waals surface area contributed by atoms with Crippen molar-refractivity contribution in [1.29, 1.82) is 0 Å². The van der Waals surface area contributed by atoms with Gasteiger partial charge in [0.05, 0.1) is 12.9 Å². The first kappa shape index (κ1) is 11.8. The third-order valence-electron chi connectivity index (χ3n) is 2.83. The van der Waals surface area contributed by atoms with Crippen molar-refractivity contribution >= 4 is 21.9 Å². The van der Waals surface area contributed by atoms with Gasteiger partial charge in [0.2, 0.25) is 5.75 Å². The van der Waals surface area contributed by atoms with Gasteiger partial charge in [-0.1, -0.05) is 0 Å². The molecule has 0 spiro atoms. The molecule has 5 nitrogen and oxygen atoms in total. The molecule has 0 atom stereocenters. The monoisotopic (exact) mass is 260 g/mol. The summed E-state index contributed by atoms with van der Waals surface area (Å²) in [5.74, 6) is 0.406. The Balaban J connectivity index is 2.23. The van der Waals surface area contributed by atoms with Gasteiger partial charge in [-0.15, -0.1) is 0 Å². The quantitative estimate of drug-likeness (QED) is 0.575. The van der Waals surface area contributed by atoms with Gasteiger partial charge in [0.1, 0.15) is 0 Å². The molecule has 19 heavy (non-hydrogen) atoms. The van der Waals surface area contributed by atoms with E-state index in [0.717, 1.165) is 10.8 Å². The molecule has 5 heteroatoms. The van der Waals surface area contributed by atoms with Gasteiger partial charge in [0.25, 0.3) is 0 Å². The number of hydrogen-bond donors (Lipinski definition) is 1. The molecule has 2 aromatic heterocycles. The Hall–Kier alpha value is -2.27. The van der Waals surface area contributed by atoms with E-state index in [0.29, 0.717) is 29.9 Å². The van der Waals surface area contributed by atoms with Crippen molar-refractivity contribution < 1.29 is 18.7 Å². The second-order valence-electron chi connectivity index (χ2n) is 4.14. The Morgan fingerprint density at radius 2 is 2.00 bits per heavy atom. The van der Waals surface area contributed by atoms with E-state index in [9.17, 15) is 4.79 Å². The fraction of sp³-hybridized carbons (Fsp3) is 0.214. The second kappa shape index (κ2) is 4.78. The normalized spacial score (nSPS) is 11.2. The smallest absolute Gasteiger partial charge is 0.336 e. The van der Waals surface area contributed by atoms with Gasteiger partial charge in [-0.2, -0.15) is 0 Å². The van der Waals surface area contributed by atoms with Gasteiger partial charge >= 0.3 is 5.63 Å². The van der Waals surface area contributed by atoms with Crippen LogP contribution in [0.25, 0.3) is 21.9 Å². The van der Waals surface area contributed by atoms with Crippen LogP contribution in [0.2, 0.25) is 0 Å². The second-order valence-corrected chi connectivity index (χ2v) is 4.14. The van der Waals surface area contributed by atoms with Crippen LogP contribution in [0, 0.1) is 0 Å². The lowest BCUT2D eigenvalue weighted by Gasteiger charge is -2.08. The van der Waals surface area contributed by atoms with Crippen molar-refractivity contribution in [3.63, 3.8) is 0 Å². The van der Waals surface area contributed by atoms with E-state index in [4.69, 9.17) is 18.7 Å². The number of aliphatic hydroxyl groups excluding tert-OH is 1. The van der Waals surface area contributed by atoms with Gasteiger partial charge in [-0.25, -0.2) is 4.79 Å². The van der Waals surface area contributed by atoms with Crippen LogP contribution in [-0.4, -0.2) is 18.3 Å². The molecular formula is C14H12O5. The van der Waals surface area contributed by atoms with Gasteiger partial charge < -0.3 is 18.7 Å². The fourth-order valence-electron chi connectivity index (χ4n) is 1.98. The van der Waals surface area contributed by atoms with Crippen LogP contribution in [-0.2, 0) is 0 Å². The molecule has 0 saturated carbocycles. The first-order chi connectivity index (χ1) is 9.29. The number of aliphatic hydroxyl groups is 1. The Morgan fingerprint density at radius 3 is 2.84 bits per heavy atom. The minimum Gasteiger partial charge on any atom is -0.486 e. The van der Waals surface area contributed by atoms with Gasteiger partial charge in [0, 0.05) is 29.9 Å². The van der Waals surface area contributed by atoms with Gasteiger partial charge in [-0.05, 0) is 18.2 Å². The molecule has 3 rings (SSSR count). The average Bonchev–Trinajstić information content (AvgIpc) is 2.86. The molecule has 1 aromatic carbocycles. The Kier molecular flexibility index (Phi) is 2.97. The minimum absolute atomic E-state index is 0.0377. The summed E-state index contributed by atoms with van der Waals surface area (Å²) in [6.45, 7) is 0.361. The number of fused-ring (bicyclic) bond motifs is 2. The number of benzene rings is 1. The highest BCUT2D eigenvalue weighted by Gasteiger charge is 2.14. The molecule has 1 N–H and O–H groups in total. The molecule has 0 saturated heterocycles. The average molecular weight is 260 g/mol. The molecule has 0 aliphatic heterocycles. The minimum atomic E-state index is -0.439. The number of furan rings is 1. The summed E-state index contributed by atoms with van der Waals surface area (Å²) in [6, 6.07) is 6.74. The highest BCUT2D eigenvalue weighted by Crippen LogP contribution is 2.34. The molecule has 0 unspecified atom stereocenters. The third kappa shape index (κ3) is 2.08. The van der Waals surface area contributed by atoms with Crippen LogP contribution in [0.3, 0.4) is 0 Å². The van der Waals surface area contributed by atoms with Crippen molar-refractivity contribution in [1.82, 2.24) is 0 Å². The van der Waals surface area contributed by atoms with Crippen molar-refractivity contribution in [2.24, 2.45) is 0 Å². The largest absolute Gasteiger partial charge is 0.486 e. The summed E-state index contributed by atoms with van der Waals surface area (Å²) in [5, 5.41) is 10.4. The first-order valence-electron chi connectivity index (χ1n) is 5.97. The zero-order valence-corrected chi connectivity index (χ0v) is 10.1. The maximum Gasteiger partial charge on any atom is 0.336 e. The van der Waals surface area contributed by atoms with Crippen LogP contribution in [0.1, 0.15) is 6.42 Å². The third-order valence-corrected chi connectivity index (χ3v) is 2.83. The number of rotatable bonds is 4. The van der Waals surface area contributed by atoms with E-state index in [1.54, 1.807) is 12.3 Å². The van der Waals surface area contributed by atoms with E-state index in [1.165, 1.54) is 6.07 Å². The topological polar surface area (TPSA) is 72.8 Å².